The van der Waals surface area contributed by atoms with E-state index in [9.17, 15) is 8.42 Å². The fourth-order valence-electron chi connectivity index (χ4n) is 2.53. The van der Waals surface area contributed by atoms with E-state index in [0.29, 0.717) is 4.90 Å². The van der Waals surface area contributed by atoms with Crippen LogP contribution in [0, 0.1) is 0 Å². The molecule has 1 aliphatic heterocycles. The SMILES string of the molecule is CCN1CCCC(NS(=O)(=O)c2ccc(NC)cc2)C1. The Balaban J connectivity index is 2.06. The summed E-state index contributed by atoms with van der Waals surface area (Å²) in [7, 11) is -1.61. The number of rotatable bonds is 5. The fraction of sp³-hybridized carbons (Fsp3) is 0.571. The van der Waals surface area contributed by atoms with Crippen LogP contribution in [0.1, 0.15) is 19.8 Å². The predicted molar refractivity (Wildman–Crippen MR) is 81.4 cm³/mol. The lowest BCUT2D eigenvalue weighted by Crippen LogP contribution is -2.47. The van der Waals surface area contributed by atoms with Gasteiger partial charge in [0.15, 0.2) is 0 Å². The first kappa shape index (κ1) is 15.3. The first-order valence-electron chi connectivity index (χ1n) is 7.07. The van der Waals surface area contributed by atoms with Crippen LogP contribution in [0.25, 0.3) is 0 Å². The molecule has 1 fully saturated rings. The number of hydrogen-bond donors (Lipinski definition) is 2. The standard InChI is InChI=1S/C14H23N3O2S/c1-3-17-10-4-5-13(11-17)16-20(18,19)14-8-6-12(15-2)7-9-14/h6-9,13,15-16H,3-5,10-11H2,1-2H3. The third-order valence-electron chi connectivity index (χ3n) is 3.73. The molecule has 0 amide bonds. The summed E-state index contributed by atoms with van der Waals surface area (Å²) in [6.45, 7) is 4.93. The number of piperidine rings is 1. The molecule has 112 valence electrons. The number of sulfonamides is 1. The Kier molecular flexibility index (Phi) is 5.01. The van der Waals surface area contributed by atoms with E-state index < -0.39 is 10.0 Å². The summed E-state index contributed by atoms with van der Waals surface area (Å²) in [4.78, 5) is 2.60. The lowest BCUT2D eigenvalue weighted by atomic mass is 10.1. The normalized spacial score (nSPS) is 20.8. The minimum absolute atomic E-state index is 0.0117. The van der Waals surface area contributed by atoms with Gasteiger partial charge in [-0.25, -0.2) is 13.1 Å². The quantitative estimate of drug-likeness (QED) is 0.864. The highest BCUT2D eigenvalue weighted by Gasteiger charge is 2.24. The van der Waals surface area contributed by atoms with Gasteiger partial charge in [-0.1, -0.05) is 6.92 Å². The van der Waals surface area contributed by atoms with Crippen molar-refractivity contribution in [3.8, 4) is 0 Å². The largest absolute Gasteiger partial charge is 0.388 e. The maximum atomic E-state index is 12.3. The average Bonchev–Trinajstić information content (AvgIpc) is 2.47. The van der Waals surface area contributed by atoms with Crippen LogP contribution >= 0.6 is 0 Å². The van der Waals surface area contributed by atoms with Gasteiger partial charge in [0.05, 0.1) is 4.90 Å². The van der Waals surface area contributed by atoms with Crippen molar-refractivity contribution in [2.75, 3.05) is 32.0 Å². The maximum Gasteiger partial charge on any atom is 0.240 e. The highest BCUT2D eigenvalue weighted by molar-refractivity contribution is 7.89. The lowest BCUT2D eigenvalue weighted by Gasteiger charge is -2.32. The Labute approximate surface area is 121 Å². The minimum atomic E-state index is -3.42. The first-order valence-corrected chi connectivity index (χ1v) is 8.56. The average molecular weight is 297 g/mol. The topological polar surface area (TPSA) is 61.4 Å². The number of nitrogens with zero attached hydrogens (tertiary/aromatic N) is 1. The Bertz CT molecular complexity index is 528. The third kappa shape index (κ3) is 3.71. The van der Waals surface area contributed by atoms with E-state index in [1.807, 2.05) is 7.05 Å². The van der Waals surface area contributed by atoms with Crippen LogP contribution in [-0.2, 0) is 10.0 Å². The zero-order valence-corrected chi connectivity index (χ0v) is 12.9. The molecule has 0 radical (unpaired) electrons. The molecule has 1 aliphatic rings. The summed E-state index contributed by atoms with van der Waals surface area (Å²) in [5, 5.41) is 2.98. The summed E-state index contributed by atoms with van der Waals surface area (Å²) >= 11 is 0. The molecule has 0 saturated carbocycles. The third-order valence-corrected chi connectivity index (χ3v) is 5.26. The van der Waals surface area contributed by atoms with Crippen LogP contribution < -0.4 is 10.0 Å². The van der Waals surface area contributed by atoms with Gasteiger partial charge in [-0.2, -0.15) is 0 Å². The number of benzene rings is 1. The van der Waals surface area contributed by atoms with Crippen molar-refractivity contribution in [2.24, 2.45) is 0 Å². The van der Waals surface area contributed by atoms with Gasteiger partial charge in [0, 0.05) is 25.3 Å². The van der Waals surface area contributed by atoms with E-state index in [1.165, 1.54) is 0 Å². The summed E-state index contributed by atoms with van der Waals surface area (Å²) in [6.07, 6.45) is 1.95. The van der Waals surface area contributed by atoms with Crippen LogP contribution in [0.4, 0.5) is 5.69 Å². The molecule has 1 aromatic rings. The van der Waals surface area contributed by atoms with Crippen molar-refractivity contribution < 1.29 is 8.42 Å². The number of anilines is 1. The van der Waals surface area contributed by atoms with Crippen molar-refractivity contribution in [2.45, 2.75) is 30.7 Å². The summed E-state index contributed by atoms with van der Waals surface area (Å²) < 4.78 is 27.5. The van der Waals surface area contributed by atoms with Crippen LogP contribution in [0.3, 0.4) is 0 Å². The van der Waals surface area contributed by atoms with E-state index in [-0.39, 0.29) is 6.04 Å². The Morgan fingerprint density at radius 2 is 2.00 bits per heavy atom. The maximum absolute atomic E-state index is 12.3. The number of likely N-dealkylation sites (tertiary alicyclic amines) is 1. The smallest absolute Gasteiger partial charge is 0.240 e. The zero-order valence-electron chi connectivity index (χ0n) is 12.1. The van der Waals surface area contributed by atoms with Crippen molar-refractivity contribution in [3.05, 3.63) is 24.3 Å². The molecule has 1 saturated heterocycles. The van der Waals surface area contributed by atoms with Gasteiger partial charge in [0.1, 0.15) is 0 Å². The van der Waals surface area contributed by atoms with E-state index in [0.717, 1.165) is 38.2 Å². The lowest BCUT2D eigenvalue weighted by molar-refractivity contribution is 0.211. The molecule has 6 heteroatoms. The highest BCUT2D eigenvalue weighted by atomic mass is 32.2. The predicted octanol–water partition coefficient (Wildman–Crippen LogP) is 1.49. The van der Waals surface area contributed by atoms with Crippen LogP contribution in [0.5, 0.6) is 0 Å². The van der Waals surface area contributed by atoms with Gasteiger partial charge in [0.25, 0.3) is 0 Å². The van der Waals surface area contributed by atoms with Gasteiger partial charge in [-0.05, 0) is 50.2 Å². The molecule has 20 heavy (non-hydrogen) atoms. The minimum Gasteiger partial charge on any atom is -0.388 e. The first-order chi connectivity index (χ1) is 9.55. The second-order valence-corrected chi connectivity index (χ2v) is 6.84. The van der Waals surface area contributed by atoms with Crippen molar-refractivity contribution in [1.82, 2.24) is 9.62 Å². The Morgan fingerprint density at radius 3 is 2.60 bits per heavy atom. The molecule has 2 N–H and O–H groups in total. The van der Waals surface area contributed by atoms with E-state index in [2.05, 4.69) is 21.9 Å². The monoisotopic (exact) mass is 297 g/mol. The van der Waals surface area contributed by atoms with E-state index >= 15 is 0 Å². The molecule has 0 aromatic heterocycles. The van der Waals surface area contributed by atoms with E-state index in [4.69, 9.17) is 0 Å². The number of likely N-dealkylation sites (N-methyl/N-ethyl adjacent to an activating group) is 1. The molecule has 1 heterocycles. The fourth-order valence-corrected chi connectivity index (χ4v) is 3.79. The molecule has 0 aliphatic carbocycles. The zero-order chi connectivity index (χ0) is 14.6. The van der Waals surface area contributed by atoms with Crippen molar-refractivity contribution in [3.63, 3.8) is 0 Å². The van der Waals surface area contributed by atoms with Gasteiger partial charge in [-0.15, -0.1) is 0 Å². The molecule has 2 rings (SSSR count). The second kappa shape index (κ2) is 6.56. The summed E-state index contributed by atoms with van der Waals surface area (Å²) in [5.74, 6) is 0. The van der Waals surface area contributed by atoms with Crippen LogP contribution in [0.15, 0.2) is 29.2 Å². The molecular formula is C14H23N3O2S. The molecular weight excluding hydrogens is 274 g/mol. The Morgan fingerprint density at radius 1 is 1.30 bits per heavy atom. The summed E-state index contributed by atoms with van der Waals surface area (Å²) in [5.41, 5.74) is 0.902. The highest BCUT2D eigenvalue weighted by Crippen LogP contribution is 2.16. The van der Waals surface area contributed by atoms with Gasteiger partial charge >= 0.3 is 0 Å². The number of nitrogens with one attached hydrogen (secondary N) is 2. The van der Waals surface area contributed by atoms with Gasteiger partial charge < -0.3 is 10.2 Å². The molecule has 1 atom stereocenters. The Hall–Kier alpha value is -1.11. The molecule has 0 bridgehead atoms. The molecule has 1 aromatic carbocycles. The molecule has 5 nitrogen and oxygen atoms in total. The molecule has 1 unspecified atom stereocenters. The number of hydrogen-bond acceptors (Lipinski definition) is 4. The van der Waals surface area contributed by atoms with Gasteiger partial charge in [-0.3, -0.25) is 0 Å². The molecule has 0 spiro atoms. The van der Waals surface area contributed by atoms with Crippen LogP contribution in [0.2, 0.25) is 0 Å². The second-order valence-electron chi connectivity index (χ2n) is 5.13. The summed E-state index contributed by atoms with van der Waals surface area (Å²) in [6, 6.07) is 6.82. The van der Waals surface area contributed by atoms with Crippen molar-refractivity contribution in [1.29, 1.82) is 0 Å². The van der Waals surface area contributed by atoms with Crippen LogP contribution in [-0.4, -0.2) is 46.0 Å². The van der Waals surface area contributed by atoms with E-state index in [1.54, 1.807) is 24.3 Å². The van der Waals surface area contributed by atoms with Gasteiger partial charge in [0.2, 0.25) is 10.0 Å². The van der Waals surface area contributed by atoms with Crippen molar-refractivity contribution >= 4 is 15.7 Å².